The Hall–Kier alpha value is -0.120. The van der Waals surface area contributed by atoms with Crippen LogP contribution >= 0.6 is 0 Å². The number of nitrogens with zero attached hydrogens (tertiary/aromatic N) is 1. The highest BCUT2D eigenvalue weighted by Crippen LogP contribution is 2.05. The van der Waals surface area contributed by atoms with Crippen LogP contribution in [0.25, 0.3) is 0 Å². The van der Waals surface area contributed by atoms with Crippen LogP contribution in [0.2, 0.25) is 0 Å². The average molecular weight is 158 g/mol. The lowest BCUT2D eigenvalue weighted by atomic mass is 10.1. The van der Waals surface area contributed by atoms with Gasteiger partial charge in [-0.05, 0) is 25.9 Å². The summed E-state index contributed by atoms with van der Waals surface area (Å²) in [6.07, 6.45) is 0.928. The van der Waals surface area contributed by atoms with E-state index < -0.39 is 0 Å². The normalized spacial score (nSPS) is 28.4. The van der Waals surface area contributed by atoms with E-state index in [2.05, 4.69) is 17.3 Å². The molecule has 1 heterocycles. The van der Waals surface area contributed by atoms with Gasteiger partial charge in [-0.3, -0.25) is 0 Å². The minimum Gasteiger partial charge on any atom is -0.396 e. The third kappa shape index (κ3) is 3.18. The summed E-state index contributed by atoms with van der Waals surface area (Å²) in [5, 5.41) is 12.1. The largest absolute Gasteiger partial charge is 0.396 e. The first-order valence-corrected chi connectivity index (χ1v) is 4.33. The predicted octanol–water partition coefficient (Wildman–Crippen LogP) is -0.480. The maximum Gasteiger partial charge on any atom is 0.0434 e. The van der Waals surface area contributed by atoms with E-state index in [1.54, 1.807) is 0 Å². The van der Waals surface area contributed by atoms with Crippen molar-refractivity contribution in [1.29, 1.82) is 0 Å². The standard InChI is InChI=1S/C8H18N2O/c1-10-4-3-9-6-8(7-10)2-5-11/h8-9,11H,2-7H2,1H3. The van der Waals surface area contributed by atoms with Crippen LogP contribution in [0, 0.1) is 5.92 Å². The highest BCUT2D eigenvalue weighted by atomic mass is 16.3. The summed E-state index contributed by atoms with van der Waals surface area (Å²) in [5.41, 5.74) is 0. The molecule has 3 heteroatoms. The van der Waals surface area contributed by atoms with Crippen LogP contribution in [-0.2, 0) is 0 Å². The van der Waals surface area contributed by atoms with E-state index >= 15 is 0 Å². The maximum atomic E-state index is 8.75. The van der Waals surface area contributed by atoms with Crippen molar-refractivity contribution >= 4 is 0 Å². The molecule has 66 valence electrons. The van der Waals surface area contributed by atoms with Gasteiger partial charge in [-0.25, -0.2) is 0 Å². The number of aliphatic hydroxyl groups is 1. The quantitative estimate of drug-likeness (QED) is 0.570. The first-order chi connectivity index (χ1) is 5.33. The van der Waals surface area contributed by atoms with E-state index in [9.17, 15) is 0 Å². The minimum absolute atomic E-state index is 0.320. The van der Waals surface area contributed by atoms with Gasteiger partial charge in [0, 0.05) is 26.2 Å². The molecule has 0 bridgehead atoms. The zero-order chi connectivity index (χ0) is 8.10. The molecule has 0 saturated carbocycles. The zero-order valence-electron chi connectivity index (χ0n) is 7.21. The molecule has 0 aromatic rings. The fourth-order valence-corrected chi connectivity index (χ4v) is 1.55. The molecule has 0 aromatic carbocycles. The highest BCUT2D eigenvalue weighted by molar-refractivity contribution is 4.71. The van der Waals surface area contributed by atoms with Crippen LogP contribution < -0.4 is 5.32 Å². The molecule has 3 nitrogen and oxygen atoms in total. The Morgan fingerprint density at radius 1 is 1.64 bits per heavy atom. The molecule has 0 amide bonds. The molecule has 0 aromatic heterocycles. The maximum absolute atomic E-state index is 8.75. The van der Waals surface area contributed by atoms with Crippen LogP contribution in [0.3, 0.4) is 0 Å². The molecule has 1 aliphatic rings. The van der Waals surface area contributed by atoms with Crippen molar-refractivity contribution < 1.29 is 5.11 Å². The molecule has 1 fully saturated rings. The van der Waals surface area contributed by atoms with Crippen molar-refractivity contribution in [1.82, 2.24) is 10.2 Å². The molecule has 0 radical (unpaired) electrons. The Bertz CT molecular complexity index is 108. The van der Waals surface area contributed by atoms with Gasteiger partial charge in [0.25, 0.3) is 0 Å². The summed E-state index contributed by atoms with van der Waals surface area (Å²) in [6, 6.07) is 0. The number of hydrogen-bond donors (Lipinski definition) is 2. The van der Waals surface area contributed by atoms with E-state index in [4.69, 9.17) is 5.11 Å². The molecule has 1 saturated heterocycles. The van der Waals surface area contributed by atoms with Crippen LogP contribution in [-0.4, -0.2) is 49.8 Å². The van der Waals surface area contributed by atoms with Gasteiger partial charge >= 0.3 is 0 Å². The third-order valence-corrected chi connectivity index (χ3v) is 2.21. The van der Waals surface area contributed by atoms with Crippen molar-refractivity contribution in [2.45, 2.75) is 6.42 Å². The molecular weight excluding hydrogens is 140 g/mol. The summed E-state index contributed by atoms with van der Waals surface area (Å²) < 4.78 is 0. The molecule has 1 unspecified atom stereocenters. The number of nitrogens with one attached hydrogen (secondary N) is 1. The summed E-state index contributed by atoms with van der Waals surface area (Å²) in [7, 11) is 2.14. The molecule has 11 heavy (non-hydrogen) atoms. The fourth-order valence-electron chi connectivity index (χ4n) is 1.55. The van der Waals surface area contributed by atoms with E-state index in [1.165, 1.54) is 0 Å². The molecular formula is C8H18N2O. The van der Waals surface area contributed by atoms with Crippen LogP contribution in [0.5, 0.6) is 0 Å². The van der Waals surface area contributed by atoms with Gasteiger partial charge in [-0.2, -0.15) is 0 Å². The topological polar surface area (TPSA) is 35.5 Å². The summed E-state index contributed by atoms with van der Waals surface area (Å²) >= 11 is 0. The molecule has 0 aliphatic carbocycles. The van der Waals surface area contributed by atoms with Gasteiger partial charge in [0.1, 0.15) is 0 Å². The smallest absolute Gasteiger partial charge is 0.0434 e. The Kier molecular flexibility index (Phi) is 3.83. The van der Waals surface area contributed by atoms with Gasteiger partial charge in [0.2, 0.25) is 0 Å². The second-order valence-corrected chi connectivity index (χ2v) is 3.34. The lowest BCUT2D eigenvalue weighted by Crippen LogP contribution is -2.26. The molecule has 1 rings (SSSR count). The molecule has 1 aliphatic heterocycles. The summed E-state index contributed by atoms with van der Waals surface area (Å²) in [6.45, 7) is 4.71. The molecule has 2 N–H and O–H groups in total. The van der Waals surface area contributed by atoms with Crippen molar-refractivity contribution in [2.75, 3.05) is 39.8 Å². The minimum atomic E-state index is 0.320. The van der Waals surface area contributed by atoms with Crippen LogP contribution in [0.1, 0.15) is 6.42 Å². The Morgan fingerprint density at radius 3 is 3.18 bits per heavy atom. The molecule has 1 atom stereocenters. The van der Waals surface area contributed by atoms with E-state index in [-0.39, 0.29) is 0 Å². The van der Waals surface area contributed by atoms with Gasteiger partial charge < -0.3 is 15.3 Å². The first-order valence-electron chi connectivity index (χ1n) is 4.33. The van der Waals surface area contributed by atoms with E-state index in [0.29, 0.717) is 12.5 Å². The van der Waals surface area contributed by atoms with Crippen molar-refractivity contribution in [3.63, 3.8) is 0 Å². The number of hydrogen-bond acceptors (Lipinski definition) is 3. The van der Waals surface area contributed by atoms with Crippen LogP contribution in [0.15, 0.2) is 0 Å². The van der Waals surface area contributed by atoms with Crippen molar-refractivity contribution in [3.8, 4) is 0 Å². The van der Waals surface area contributed by atoms with Gasteiger partial charge in [-0.1, -0.05) is 0 Å². The fraction of sp³-hybridized carbons (Fsp3) is 1.00. The average Bonchev–Trinajstić information content (AvgIpc) is 2.15. The van der Waals surface area contributed by atoms with Gasteiger partial charge in [-0.15, -0.1) is 0 Å². The highest BCUT2D eigenvalue weighted by Gasteiger charge is 2.13. The lowest BCUT2D eigenvalue weighted by Gasteiger charge is -2.17. The Balaban J connectivity index is 2.27. The summed E-state index contributed by atoms with van der Waals surface area (Å²) in [5.74, 6) is 0.632. The van der Waals surface area contributed by atoms with Gasteiger partial charge in [0.05, 0.1) is 0 Å². The van der Waals surface area contributed by atoms with Crippen molar-refractivity contribution in [2.24, 2.45) is 5.92 Å². The molecule has 0 spiro atoms. The van der Waals surface area contributed by atoms with E-state index in [0.717, 1.165) is 32.6 Å². The van der Waals surface area contributed by atoms with E-state index in [1.807, 2.05) is 0 Å². The number of rotatable bonds is 2. The monoisotopic (exact) mass is 158 g/mol. The Morgan fingerprint density at radius 2 is 2.45 bits per heavy atom. The number of aliphatic hydroxyl groups excluding tert-OH is 1. The van der Waals surface area contributed by atoms with Crippen molar-refractivity contribution in [3.05, 3.63) is 0 Å². The number of likely N-dealkylation sites (N-methyl/N-ethyl adjacent to an activating group) is 1. The predicted molar refractivity (Wildman–Crippen MR) is 45.6 cm³/mol. The third-order valence-electron chi connectivity index (χ3n) is 2.21. The SMILES string of the molecule is CN1CCNCC(CCO)C1. The van der Waals surface area contributed by atoms with Gasteiger partial charge in [0.15, 0.2) is 0 Å². The lowest BCUT2D eigenvalue weighted by molar-refractivity contribution is 0.231. The van der Waals surface area contributed by atoms with Crippen LogP contribution in [0.4, 0.5) is 0 Å². The summed E-state index contributed by atoms with van der Waals surface area (Å²) in [4.78, 5) is 2.32. The second kappa shape index (κ2) is 4.70. The Labute approximate surface area is 68.4 Å². The first kappa shape index (κ1) is 8.97. The second-order valence-electron chi connectivity index (χ2n) is 3.34. The zero-order valence-corrected chi connectivity index (χ0v) is 7.21.